The summed E-state index contributed by atoms with van der Waals surface area (Å²) < 4.78 is 0. The van der Waals surface area contributed by atoms with Gasteiger partial charge in [0.05, 0.1) is 0 Å². The summed E-state index contributed by atoms with van der Waals surface area (Å²) in [7, 11) is 0. The Bertz CT molecular complexity index is 211. The molecule has 15 heavy (non-hydrogen) atoms. The van der Waals surface area contributed by atoms with Gasteiger partial charge >= 0.3 is 0 Å². The van der Waals surface area contributed by atoms with Crippen LogP contribution in [0.4, 0.5) is 0 Å². The Balaban J connectivity index is 2.60. The minimum atomic E-state index is 0.666. The third-order valence-corrected chi connectivity index (χ3v) is 3.27. The SMILES string of the molecule is C=C(C)CN1CC(CC)NCC1C(C)C. The molecule has 1 aliphatic heterocycles. The molecule has 0 spiro atoms. The molecule has 0 amide bonds. The standard InChI is InChI=1S/C13H26N2/c1-6-12-9-15(8-10(2)3)13(7-14-12)11(4)5/h11-14H,2,6-9H2,1,3-5H3. The van der Waals surface area contributed by atoms with Gasteiger partial charge in [0.2, 0.25) is 0 Å². The molecule has 1 N–H and O–H groups in total. The predicted octanol–water partition coefficient (Wildman–Crippen LogP) is 2.27. The smallest absolute Gasteiger partial charge is 0.0247 e. The van der Waals surface area contributed by atoms with Crippen LogP contribution < -0.4 is 5.32 Å². The van der Waals surface area contributed by atoms with Gasteiger partial charge in [0.25, 0.3) is 0 Å². The van der Waals surface area contributed by atoms with Gasteiger partial charge in [0.1, 0.15) is 0 Å². The van der Waals surface area contributed by atoms with Crippen molar-refractivity contribution >= 4 is 0 Å². The fourth-order valence-electron chi connectivity index (χ4n) is 2.36. The molecule has 1 aliphatic rings. The van der Waals surface area contributed by atoms with Gasteiger partial charge in [-0.15, -0.1) is 0 Å². The van der Waals surface area contributed by atoms with E-state index in [-0.39, 0.29) is 0 Å². The summed E-state index contributed by atoms with van der Waals surface area (Å²) in [5.74, 6) is 0.717. The minimum Gasteiger partial charge on any atom is -0.311 e. The molecular weight excluding hydrogens is 184 g/mol. The van der Waals surface area contributed by atoms with Crippen LogP contribution in [0.3, 0.4) is 0 Å². The van der Waals surface area contributed by atoms with Crippen molar-refractivity contribution in [1.29, 1.82) is 0 Å². The van der Waals surface area contributed by atoms with Crippen LogP contribution >= 0.6 is 0 Å². The monoisotopic (exact) mass is 210 g/mol. The zero-order chi connectivity index (χ0) is 11.4. The van der Waals surface area contributed by atoms with E-state index in [2.05, 4.69) is 44.5 Å². The summed E-state index contributed by atoms with van der Waals surface area (Å²) in [4.78, 5) is 2.59. The normalized spacial score (nSPS) is 28.3. The Kier molecular flexibility index (Phi) is 4.81. The van der Waals surface area contributed by atoms with Gasteiger partial charge in [0.15, 0.2) is 0 Å². The lowest BCUT2D eigenvalue weighted by Gasteiger charge is -2.42. The number of rotatable bonds is 4. The van der Waals surface area contributed by atoms with E-state index in [0.717, 1.165) is 19.0 Å². The highest BCUT2D eigenvalue weighted by molar-refractivity contribution is 4.97. The molecule has 0 aliphatic carbocycles. The van der Waals surface area contributed by atoms with Crippen LogP contribution in [0.5, 0.6) is 0 Å². The summed E-state index contributed by atoms with van der Waals surface area (Å²) in [6, 6.07) is 1.34. The summed E-state index contributed by atoms with van der Waals surface area (Å²) >= 11 is 0. The maximum Gasteiger partial charge on any atom is 0.0247 e. The topological polar surface area (TPSA) is 15.3 Å². The predicted molar refractivity (Wildman–Crippen MR) is 67.1 cm³/mol. The number of nitrogens with one attached hydrogen (secondary N) is 1. The second-order valence-electron chi connectivity index (χ2n) is 5.21. The van der Waals surface area contributed by atoms with E-state index < -0.39 is 0 Å². The molecule has 88 valence electrons. The van der Waals surface area contributed by atoms with Crippen molar-refractivity contribution in [2.45, 2.75) is 46.2 Å². The summed E-state index contributed by atoms with van der Waals surface area (Å²) in [5, 5.41) is 3.63. The van der Waals surface area contributed by atoms with Gasteiger partial charge in [-0.2, -0.15) is 0 Å². The Hall–Kier alpha value is -0.340. The fourth-order valence-corrected chi connectivity index (χ4v) is 2.36. The fraction of sp³-hybridized carbons (Fsp3) is 0.846. The van der Waals surface area contributed by atoms with Crippen molar-refractivity contribution in [3.63, 3.8) is 0 Å². The average Bonchev–Trinajstić information content (AvgIpc) is 2.16. The molecule has 2 heteroatoms. The minimum absolute atomic E-state index is 0.666. The molecule has 1 saturated heterocycles. The zero-order valence-electron chi connectivity index (χ0n) is 10.7. The summed E-state index contributed by atoms with van der Waals surface area (Å²) in [5.41, 5.74) is 1.28. The Morgan fingerprint density at radius 3 is 2.67 bits per heavy atom. The van der Waals surface area contributed by atoms with Gasteiger partial charge in [0, 0.05) is 31.7 Å². The van der Waals surface area contributed by atoms with Crippen molar-refractivity contribution in [1.82, 2.24) is 10.2 Å². The van der Waals surface area contributed by atoms with Crippen molar-refractivity contribution in [2.24, 2.45) is 5.92 Å². The quantitative estimate of drug-likeness (QED) is 0.716. The molecule has 2 nitrogen and oxygen atoms in total. The van der Waals surface area contributed by atoms with Gasteiger partial charge in [-0.25, -0.2) is 0 Å². The van der Waals surface area contributed by atoms with E-state index in [9.17, 15) is 0 Å². The molecule has 2 atom stereocenters. The van der Waals surface area contributed by atoms with E-state index in [1.165, 1.54) is 18.5 Å². The van der Waals surface area contributed by atoms with Crippen molar-refractivity contribution in [2.75, 3.05) is 19.6 Å². The second kappa shape index (κ2) is 5.66. The molecule has 0 radical (unpaired) electrons. The van der Waals surface area contributed by atoms with Crippen LogP contribution in [0.2, 0.25) is 0 Å². The molecule has 0 saturated carbocycles. The van der Waals surface area contributed by atoms with Gasteiger partial charge < -0.3 is 5.32 Å². The molecule has 1 fully saturated rings. The van der Waals surface area contributed by atoms with Crippen molar-refractivity contribution < 1.29 is 0 Å². The van der Waals surface area contributed by atoms with E-state index in [0.29, 0.717) is 12.1 Å². The molecular formula is C13H26N2. The van der Waals surface area contributed by atoms with E-state index >= 15 is 0 Å². The first-order valence-electron chi connectivity index (χ1n) is 6.16. The van der Waals surface area contributed by atoms with Gasteiger partial charge in [-0.3, -0.25) is 4.90 Å². The number of hydrogen-bond acceptors (Lipinski definition) is 2. The van der Waals surface area contributed by atoms with E-state index in [1.54, 1.807) is 0 Å². The summed E-state index contributed by atoms with van der Waals surface area (Å²) in [6.45, 7) is 16.4. The largest absolute Gasteiger partial charge is 0.311 e. The maximum atomic E-state index is 4.03. The van der Waals surface area contributed by atoms with Crippen LogP contribution in [0, 0.1) is 5.92 Å². The first-order valence-corrected chi connectivity index (χ1v) is 6.16. The number of piperazine rings is 1. The maximum absolute atomic E-state index is 4.03. The van der Waals surface area contributed by atoms with Crippen LogP contribution in [0.15, 0.2) is 12.2 Å². The number of hydrogen-bond donors (Lipinski definition) is 1. The molecule has 1 rings (SSSR count). The Morgan fingerprint density at radius 2 is 2.20 bits per heavy atom. The van der Waals surface area contributed by atoms with Crippen LogP contribution in [-0.2, 0) is 0 Å². The highest BCUT2D eigenvalue weighted by Crippen LogP contribution is 2.17. The molecule has 1 heterocycles. The van der Waals surface area contributed by atoms with Crippen LogP contribution in [0.1, 0.15) is 34.1 Å². The first-order chi connectivity index (χ1) is 7.04. The van der Waals surface area contributed by atoms with E-state index in [1.807, 2.05) is 0 Å². The lowest BCUT2D eigenvalue weighted by molar-refractivity contribution is 0.107. The molecule has 0 aromatic heterocycles. The molecule has 0 bridgehead atoms. The van der Waals surface area contributed by atoms with Crippen LogP contribution in [-0.4, -0.2) is 36.6 Å². The van der Waals surface area contributed by atoms with Gasteiger partial charge in [-0.1, -0.05) is 32.9 Å². The second-order valence-corrected chi connectivity index (χ2v) is 5.21. The molecule has 2 unspecified atom stereocenters. The van der Waals surface area contributed by atoms with Crippen molar-refractivity contribution in [3.8, 4) is 0 Å². The first kappa shape index (κ1) is 12.7. The lowest BCUT2D eigenvalue weighted by atomic mass is 9.97. The molecule has 0 aromatic carbocycles. The van der Waals surface area contributed by atoms with E-state index in [4.69, 9.17) is 0 Å². The zero-order valence-corrected chi connectivity index (χ0v) is 10.7. The third kappa shape index (κ3) is 3.62. The highest BCUT2D eigenvalue weighted by atomic mass is 15.2. The Morgan fingerprint density at radius 1 is 1.53 bits per heavy atom. The highest BCUT2D eigenvalue weighted by Gasteiger charge is 2.28. The third-order valence-electron chi connectivity index (χ3n) is 3.27. The average molecular weight is 210 g/mol. The Labute approximate surface area is 94.7 Å². The number of nitrogens with zero attached hydrogens (tertiary/aromatic N) is 1. The van der Waals surface area contributed by atoms with Crippen molar-refractivity contribution in [3.05, 3.63) is 12.2 Å². The van der Waals surface area contributed by atoms with Crippen LogP contribution in [0.25, 0.3) is 0 Å². The molecule has 0 aromatic rings. The lowest BCUT2D eigenvalue weighted by Crippen LogP contribution is -2.58. The summed E-state index contributed by atoms with van der Waals surface area (Å²) in [6.07, 6.45) is 1.22. The van der Waals surface area contributed by atoms with Gasteiger partial charge in [-0.05, 0) is 19.3 Å².